The molecule has 0 aromatic rings. The van der Waals surface area contributed by atoms with Gasteiger partial charge in [0.1, 0.15) is 0 Å². The van der Waals surface area contributed by atoms with Gasteiger partial charge in [-0.15, -0.1) is 0 Å². The van der Waals surface area contributed by atoms with Gasteiger partial charge in [0.15, 0.2) is 0 Å². The molecule has 1 N–H and O–H groups in total. The molecule has 0 aromatic heterocycles. The monoisotopic (exact) mass is 371 g/mol. The van der Waals surface area contributed by atoms with Crippen LogP contribution in [0.2, 0.25) is 0 Å². The standard InChI is InChI=1S/CH4O.Eu.3NO3/c1-2;;3*2-1(3)4/h2H,1H3;;;;/q;+3;3*-1. The molecule has 0 aliphatic heterocycles. The Bertz CT molecular complexity index is 118. The van der Waals surface area contributed by atoms with Gasteiger partial charge in [0.25, 0.3) is 0 Å². The molecule has 0 aliphatic carbocycles. The Hall–Kier alpha value is -0.856. The Morgan fingerprint density at radius 2 is 0.667 bits per heavy atom. The van der Waals surface area contributed by atoms with Gasteiger partial charge in [-0.1, -0.05) is 0 Å². The number of aliphatic hydroxyl groups excluding tert-OH is 1. The molecule has 0 rings (SSSR count). The van der Waals surface area contributed by atoms with Crippen LogP contribution in [-0.2, 0) is 0 Å². The topological polar surface area (TPSA) is 219 Å². The molecule has 0 bridgehead atoms. The summed E-state index contributed by atoms with van der Waals surface area (Å²) >= 11 is 0. The number of rotatable bonds is 0. The maximum Gasteiger partial charge on any atom is 3.00 e. The Balaban J connectivity index is -0.0000000298. The summed E-state index contributed by atoms with van der Waals surface area (Å²) in [7, 11) is 1.00. The van der Waals surface area contributed by atoms with Crippen LogP contribution < -0.4 is 0 Å². The van der Waals surface area contributed by atoms with E-state index in [-0.39, 0.29) is 49.4 Å². The Morgan fingerprint density at radius 3 is 0.667 bits per heavy atom. The van der Waals surface area contributed by atoms with E-state index < -0.39 is 15.3 Å². The van der Waals surface area contributed by atoms with E-state index in [1.807, 2.05) is 0 Å². The van der Waals surface area contributed by atoms with Crippen LogP contribution in [0.4, 0.5) is 0 Å². The van der Waals surface area contributed by atoms with E-state index >= 15 is 0 Å². The molecule has 0 saturated carbocycles. The van der Waals surface area contributed by atoms with Gasteiger partial charge in [0, 0.05) is 7.11 Å². The molecule has 0 aliphatic rings. The average molecular weight is 370 g/mol. The quantitative estimate of drug-likeness (QED) is 0.400. The van der Waals surface area contributed by atoms with E-state index in [2.05, 4.69) is 0 Å². The molecule has 0 unspecified atom stereocenters. The summed E-state index contributed by atoms with van der Waals surface area (Å²) in [5, 5.41) is 51.2. The second kappa shape index (κ2) is 29.2. The molecule has 0 radical (unpaired) electrons. The Kier molecular flexibility index (Phi) is 56.9. The third-order valence-electron chi connectivity index (χ3n) is 0. The third kappa shape index (κ3) is 2230. The van der Waals surface area contributed by atoms with Crippen molar-refractivity contribution in [2.45, 2.75) is 0 Å². The molecule has 90 valence electrons. The Labute approximate surface area is 122 Å². The predicted octanol–water partition coefficient (Wildman–Crippen LogP) is -1.11. The fourth-order valence-corrected chi connectivity index (χ4v) is 0. The van der Waals surface area contributed by atoms with Crippen molar-refractivity contribution in [2.75, 3.05) is 7.11 Å². The minimum Gasteiger partial charge on any atom is -0.400 e. The van der Waals surface area contributed by atoms with Crippen LogP contribution in [0.5, 0.6) is 0 Å². The zero-order valence-corrected chi connectivity index (χ0v) is 9.27. The predicted molar refractivity (Wildman–Crippen MR) is 39.2 cm³/mol. The number of nitrogens with zero attached hydrogens (tertiary/aromatic N) is 3. The van der Waals surface area contributed by atoms with Crippen LogP contribution in [0.15, 0.2) is 0 Å². The smallest absolute Gasteiger partial charge is 0.400 e. The molecule has 0 atom stereocenters. The molecule has 0 fully saturated rings. The normalized spacial score (nSPS) is 5.20. The van der Waals surface area contributed by atoms with E-state index in [4.69, 9.17) is 51.1 Å². The minimum atomic E-state index is -1.75. The van der Waals surface area contributed by atoms with Gasteiger partial charge in [-0.05, 0) is 0 Å². The molecular weight excluding hydrogens is 366 g/mol. The van der Waals surface area contributed by atoms with Crippen molar-refractivity contribution in [1.29, 1.82) is 0 Å². The molecular formula is CH4EuN3O10. The first kappa shape index (κ1) is 29.2. The largest absolute Gasteiger partial charge is 3.00 e. The van der Waals surface area contributed by atoms with Gasteiger partial charge in [-0.2, -0.15) is 0 Å². The van der Waals surface area contributed by atoms with Crippen LogP contribution in [0.1, 0.15) is 0 Å². The molecule has 0 saturated heterocycles. The van der Waals surface area contributed by atoms with Gasteiger partial charge >= 0.3 is 49.4 Å². The van der Waals surface area contributed by atoms with Gasteiger partial charge < -0.3 is 51.1 Å². The van der Waals surface area contributed by atoms with Crippen LogP contribution in [-0.4, -0.2) is 27.5 Å². The second-order valence-electron chi connectivity index (χ2n) is 0.671. The van der Waals surface area contributed by atoms with Crippen molar-refractivity contribution in [3.05, 3.63) is 46.0 Å². The molecule has 13 nitrogen and oxygen atoms in total. The molecule has 14 heteroatoms. The number of hydrogen-bond donors (Lipinski definition) is 1. The first-order valence-electron chi connectivity index (χ1n) is 2.09. The minimum absolute atomic E-state index is 0. The van der Waals surface area contributed by atoms with Crippen LogP contribution >= 0.6 is 0 Å². The zero-order valence-electron chi connectivity index (χ0n) is 6.84. The van der Waals surface area contributed by atoms with Gasteiger partial charge in [0.05, 0.1) is 15.3 Å². The summed E-state index contributed by atoms with van der Waals surface area (Å²) < 4.78 is 0. The number of aliphatic hydroxyl groups is 1. The van der Waals surface area contributed by atoms with Gasteiger partial charge in [-0.3, -0.25) is 0 Å². The van der Waals surface area contributed by atoms with Gasteiger partial charge in [-0.25, -0.2) is 0 Å². The van der Waals surface area contributed by atoms with Crippen molar-refractivity contribution in [3.8, 4) is 0 Å². The second-order valence-corrected chi connectivity index (χ2v) is 0.671. The Morgan fingerprint density at radius 1 is 0.667 bits per heavy atom. The van der Waals surface area contributed by atoms with Crippen LogP contribution in [0.25, 0.3) is 0 Å². The SMILES string of the molecule is CO.O=[N+]([O-])[O-].O=[N+]([O-])[O-].O=[N+]([O-])[O-].[Eu+3]. The maximum absolute atomic E-state index is 8.25. The molecule has 0 amide bonds. The van der Waals surface area contributed by atoms with Crippen molar-refractivity contribution in [2.24, 2.45) is 0 Å². The molecule has 15 heavy (non-hydrogen) atoms. The maximum atomic E-state index is 8.25. The molecule has 0 spiro atoms. The van der Waals surface area contributed by atoms with E-state index in [0.29, 0.717) is 0 Å². The van der Waals surface area contributed by atoms with E-state index in [1.165, 1.54) is 0 Å². The summed E-state index contributed by atoms with van der Waals surface area (Å²) in [5.74, 6) is 0. The fourth-order valence-electron chi connectivity index (χ4n) is 0. The van der Waals surface area contributed by atoms with E-state index in [1.54, 1.807) is 0 Å². The fraction of sp³-hybridized carbons (Fsp3) is 1.00. The third-order valence-corrected chi connectivity index (χ3v) is 0. The zero-order chi connectivity index (χ0) is 12.7. The summed E-state index contributed by atoms with van der Waals surface area (Å²) in [6, 6.07) is 0. The van der Waals surface area contributed by atoms with Crippen molar-refractivity contribution < 1.29 is 69.7 Å². The first-order chi connectivity index (χ1) is 6.20. The van der Waals surface area contributed by atoms with E-state index in [9.17, 15) is 0 Å². The molecule has 0 heterocycles. The first-order valence-corrected chi connectivity index (χ1v) is 2.09. The number of hydrogen-bond acceptors (Lipinski definition) is 10. The summed E-state index contributed by atoms with van der Waals surface area (Å²) in [6.07, 6.45) is 0. The van der Waals surface area contributed by atoms with Crippen molar-refractivity contribution in [1.82, 2.24) is 0 Å². The summed E-state index contributed by atoms with van der Waals surface area (Å²) in [5.41, 5.74) is 0. The van der Waals surface area contributed by atoms with Crippen molar-refractivity contribution >= 4 is 0 Å². The van der Waals surface area contributed by atoms with Crippen LogP contribution in [0.3, 0.4) is 0 Å². The average Bonchev–Trinajstić information content (AvgIpc) is 1.86. The molecule has 0 aromatic carbocycles. The van der Waals surface area contributed by atoms with Crippen molar-refractivity contribution in [3.63, 3.8) is 0 Å². The summed E-state index contributed by atoms with van der Waals surface area (Å²) in [4.78, 5) is 24.8. The van der Waals surface area contributed by atoms with Crippen LogP contribution in [0, 0.1) is 95.3 Å². The van der Waals surface area contributed by atoms with Gasteiger partial charge in [0.2, 0.25) is 0 Å². The summed E-state index contributed by atoms with van der Waals surface area (Å²) in [6.45, 7) is 0. The van der Waals surface area contributed by atoms with E-state index in [0.717, 1.165) is 7.11 Å².